The van der Waals surface area contributed by atoms with E-state index in [-0.39, 0.29) is 31.6 Å². The lowest BCUT2D eigenvalue weighted by Crippen LogP contribution is -2.55. The molecule has 2 amide bonds. The second-order valence-corrected chi connectivity index (χ2v) is 9.39. The van der Waals surface area contributed by atoms with Crippen LogP contribution in [0.4, 0.5) is 5.69 Å². The standard InChI is InChI=1S/C27H26N2O6/c30-14-5-13-29-23-25(32)28(19-10-9-17-6-1-2-7-18(17)16-19)12-4-11-27(23)22(24(29)31)21-20(35-27)8-3-15-34-26(21)33/h1-4,6-11,16,20-23,30H,5,12-15H2/t20-,21+,22+,23?,27+/m1/s1. The third kappa shape index (κ3) is 3.24. The van der Waals surface area contributed by atoms with Gasteiger partial charge in [-0.05, 0) is 35.4 Å². The number of likely N-dealkylation sites (tertiary alicyclic amines) is 1. The van der Waals surface area contributed by atoms with Gasteiger partial charge in [-0.25, -0.2) is 0 Å². The van der Waals surface area contributed by atoms with Crippen LogP contribution >= 0.6 is 0 Å². The Bertz CT molecular complexity index is 1270. The highest BCUT2D eigenvalue weighted by molar-refractivity contribution is 6.06. The van der Waals surface area contributed by atoms with Crippen molar-refractivity contribution in [3.05, 3.63) is 66.8 Å². The van der Waals surface area contributed by atoms with E-state index in [9.17, 15) is 19.5 Å². The number of esters is 1. The smallest absolute Gasteiger partial charge is 0.313 e. The van der Waals surface area contributed by atoms with Gasteiger partial charge in [0, 0.05) is 25.4 Å². The van der Waals surface area contributed by atoms with E-state index in [4.69, 9.17) is 9.47 Å². The summed E-state index contributed by atoms with van der Waals surface area (Å²) in [6.45, 7) is 0.508. The van der Waals surface area contributed by atoms with E-state index in [1.807, 2.05) is 48.5 Å². The highest BCUT2D eigenvalue weighted by Gasteiger charge is 2.71. The van der Waals surface area contributed by atoms with Crippen molar-refractivity contribution in [2.45, 2.75) is 24.2 Å². The van der Waals surface area contributed by atoms with Crippen LogP contribution in [-0.4, -0.2) is 71.8 Å². The fraction of sp³-hybridized carbons (Fsp3) is 0.370. The Morgan fingerprint density at radius 2 is 1.86 bits per heavy atom. The number of fused-ring (bicyclic) bond motifs is 3. The molecule has 4 heterocycles. The quantitative estimate of drug-likeness (QED) is 0.537. The number of benzene rings is 2. The van der Waals surface area contributed by atoms with Crippen molar-refractivity contribution in [1.29, 1.82) is 0 Å². The van der Waals surface area contributed by atoms with Gasteiger partial charge in [-0.1, -0.05) is 48.6 Å². The minimum atomic E-state index is -1.29. The van der Waals surface area contributed by atoms with Gasteiger partial charge in [0.25, 0.3) is 5.91 Å². The monoisotopic (exact) mass is 474 g/mol. The van der Waals surface area contributed by atoms with Crippen LogP contribution < -0.4 is 4.90 Å². The summed E-state index contributed by atoms with van der Waals surface area (Å²) in [6.07, 6.45) is 6.79. The van der Waals surface area contributed by atoms with Gasteiger partial charge >= 0.3 is 5.97 Å². The van der Waals surface area contributed by atoms with E-state index in [0.717, 1.165) is 16.5 Å². The van der Waals surface area contributed by atoms with E-state index in [2.05, 4.69) is 0 Å². The molecule has 1 unspecified atom stereocenters. The predicted molar refractivity (Wildman–Crippen MR) is 127 cm³/mol. The molecule has 35 heavy (non-hydrogen) atoms. The first-order valence-corrected chi connectivity index (χ1v) is 12.0. The van der Waals surface area contributed by atoms with Crippen LogP contribution in [0.3, 0.4) is 0 Å². The van der Waals surface area contributed by atoms with Gasteiger partial charge in [0.15, 0.2) is 0 Å². The van der Waals surface area contributed by atoms with Gasteiger partial charge in [0.05, 0.1) is 12.0 Å². The van der Waals surface area contributed by atoms with Crippen molar-refractivity contribution in [3.63, 3.8) is 0 Å². The molecule has 0 aromatic heterocycles. The number of amides is 2. The maximum absolute atomic E-state index is 14.2. The van der Waals surface area contributed by atoms with Gasteiger partial charge in [-0.15, -0.1) is 0 Å². The molecule has 2 aromatic rings. The van der Waals surface area contributed by atoms with Crippen molar-refractivity contribution < 1.29 is 29.0 Å². The van der Waals surface area contributed by atoms with Crippen LogP contribution in [0.1, 0.15) is 6.42 Å². The summed E-state index contributed by atoms with van der Waals surface area (Å²) in [5.41, 5.74) is -0.564. The van der Waals surface area contributed by atoms with E-state index in [1.165, 1.54) is 4.90 Å². The number of hydrogen-bond acceptors (Lipinski definition) is 6. The van der Waals surface area contributed by atoms with Crippen molar-refractivity contribution in [1.82, 2.24) is 4.90 Å². The molecule has 2 aromatic carbocycles. The zero-order valence-electron chi connectivity index (χ0n) is 19.1. The van der Waals surface area contributed by atoms with Gasteiger partial charge in [0.2, 0.25) is 5.91 Å². The molecule has 0 bridgehead atoms. The molecule has 0 saturated carbocycles. The Kier molecular flexibility index (Phi) is 5.23. The van der Waals surface area contributed by atoms with Crippen LogP contribution in [0.25, 0.3) is 10.8 Å². The highest BCUT2D eigenvalue weighted by Crippen LogP contribution is 2.53. The van der Waals surface area contributed by atoms with Crippen LogP contribution in [0.15, 0.2) is 66.8 Å². The highest BCUT2D eigenvalue weighted by atomic mass is 16.6. The first kappa shape index (κ1) is 22.0. The molecule has 4 aliphatic rings. The van der Waals surface area contributed by atoms with Crippen molar-refractivity contribution in [2.24, 2.45) is 11.8 Å². The summed E-state index contributed by atoms with van der Waals surface area (Å²) >= 11 is 0. The Balaban J connectivity index is 1.45. The fourth-order valence-electron chi connectivity index (χ4n) is 6.03. The summed E-state index contributed by atoms with van der Waals surface area (Å²) in [7, 11) is 0. The number of aliphatic hydroxyl groups excluding tert-OH is 1. The molecule has 4 aliphatic heterocycles. The maximum Gasteiger partial charge on any atom is 0.313 e. The van der Waals surface area contributed by atoms with Crippen molar-refractivity contribution in [2.75, 3.05) is 31.2 Å². The molecular formula is C27H26N2O6. The van der Waals surface area contributed by atoms with Crippen molar-refractivity contribution in [3.8, 4) is 0 Å². The Labute approximate surface area is 202 Å². The second-order valence-electron chi connectivity index (χ2n) is 9.39. The zero-order valence-corrected chi connectivity index (χ0v) is 19.1. The van der Waals surface area contributed by atoms with Crippen LogP contribution in [0.2, 0.25) is 0 Å². The summed E-state index contributed by atoms with van der Waals surface area (Å²) < 4.78 is 11.8. The summed E-state index contributed by atoms with van der Waals surface area (Å²) in [4.78, 5) is 44.0. The number of carbonyl (C=O) groups is 3. The summed E-state index contributed by atoms with van der Waals surface area (Å²) in [5.74, 6) is -2.78. The van der Waals surface area contributed by atoms with Crippen LogP contribution in [0, 0.1) is 11.8 Å². The normalized spacial score (nSPS) is 31.7. The van der Waals surface area contributed by atoms with E-state index >= 15 is 0 Å². The Morgan fingerprint density at radius 3 is 2.69 bits per heavy atom. The SMILES string of the molecule is O=C1OCC=C[C@H]2O[C@]34C=CCN(c5ccc6ccccc6c5)C(=O)C3N(CCCO)C(=O)[C@@H]4[C@@H]12. The molecule has 5 atom stereocenters. The minimum Gasteiger partial charge on any atom is -0.461 e. The molecule has 1 spiro atoms. The van der Waals surface area contributed by atoms with Gasteiger partial charge in [-0.3, -0.25) is 14.4 Å². The third-order valence-corrected chi connectivity index (χ3v) is 7.52. The largest absolute Gasteiger partial charge is 0.461 e. The third-order valence-electron chi connectivity index (χ3n) is 7.52. The molecule has 0 aliphatic carbocycles. The predicted octanol–water partition coefficient (Wildman–Crippen LogP) is 1.82. The molecule has 2 fully saturated rings. The molecule has 8 heteroatoms. The number of aliphatic hydroxyl groups is 1. The Hall–Kier alpha value is -3.49. The lowest BCUT2D eigenvalue weighted by Gasteiger charge is -2.35. The summed E-state index contributed by atoms with van der Waals surface area (Å²) in [6, 6.07) is 12.8. The fourth-order valence-corrected chi connectivity index (χ4v) is 6.03. The van der Waals surface area contributed by atoms with Crippen LogP contribution in [0.5, 0.6) is 0 Å². The van der Waals surface area contributed by atoms with Crippen molar-refractivity contribution >= 4 is 34.2 Å². The average Bonchev–Trinajstić information content (AvgIpc) is 3.16. The average molecular weight is 475 g/mol. The minimum absolute atomic E-state index is 0.121. The number of nitrogens with zero attached hydrogens (tertiary/aromatic N) is 2. The molecule has 2 saturated heterocycles. The molecule has 0 radical (unpaired) electrons. The van der Waals surface area contributed by atoms with E-state index in [0.29, 0.717) is 13.0 Å². The lowest BCUT2D eigenvalue weighted by molar-refractivity contribution is -0.152. The summed E-state index contributed by atoms with van der Waals surface area (Å²) in [5, 5.41) is 11.5. The lowest BCUT2D eigenvalue weighted by atomic mass is 9.78. The zero-order chi connectivity index (χ0) is 24.2. The number of ether oxygens (including phenoxy) is 2. The van der Waals surface area contributed by atoms with E-state index < -0.39 is 35.6 Å². The molecular weight excluding hydrogens is 448 g/mol. The molecule has 8 nitrogen and oxygen atoms in total. The van der Waals surface area contributed by atoms with Gasteiger partial charge < -0.3 is 24.4 Å². The molecule has 1 N–H and O–H groups in total. The van der Waals surface area contributed by atoms with Gasteiger partial charge in [-0.2, -0.15) is 0 Å². The van der Waals surface area contributed by atoms with Crippen LogP contribution in [-0.2, 0) is 23.9 Å². The number of carbonyl (C=O) groups excluding carboxylic acids is 3. The Morgan fingerprint density at radius 1 is 1.03 bits per heavy atom. The topological polar surface area (TPSA) is 96.4 Å². The second kappa shape index (κ2) is 8.32. The van der Waals surface area contributed by atoms with E-state index in [1.54, 1.807) is 23.1 Å². The van der Waals surface area contributed by atoms with Gasteiger partial charge in [0.1, 0.15) is 24.2 Å². The molecule has 180 valence electrons. The number of cyclic esters (lactones) is 1. The molecule has 6 rings (SSSR count). The first-order valence-electron chi connectivity index (χ1n) is 12.0. The maximum atomic E-state index is 14.2. The number of rotatable bonds is 4. The number of hydrogen-bond donors (Lipinski definition) is 1. The number of anilines is 1. The first-order chi connectivity index (χ1) is 17.0.